The third kappa shape index (κ3) is 11.4. The van der Waals surface area contributed by atoms with E-state index in [2.05, 4.69) is 6.58 Å². The lowest BCUT2D eigenvalue weighted by molar-refractivity contribution is -0.302. The molecule has 322 valence electrons. The van der Waals surface area contributed by atoms with Crippen LogP contribution in [0.3, 0.4) is 0 Å². The summed E-state index contributed by atoms with van der Waals surface area (Å²) in [5.41, 5.74) is 1.55. The molecule has 1 aliphatic carbocycles. The number of aliphatic hydroxyl groups is 2. The molecule has 13 atom stereocenters. The molecule has 2 N–H and O–H groups in total. The van der Waals surface area contributed by atoms with Gasteiger partial charge in [-0.2, -0.15) is 0 Å². The van der Waals surface area contributed by atoms with Crippen LogP contribution in [0.5, 0.6) is 0 Å². The van der Waals surface area contributed by atoms with Gasteiger partial charge in [0, 0.05) is 52.0 Å². The zero-order valence-corrected chi connectivity index (χ0v) is 36.1. The van der Waals surface area contributed by atoms with Gasteiger partial charge in [0.25, 0.3) is 11.7 Å². The van der Waals surface area contributed by atoms with Gasteiger partial charge in [0.1, 0.15) is 24.0 Å². The molecule has 4 rings (SSSR count). The number of cyclic esters (lactones) is 1. The highest BCUT2D eigenvalue weighted by Crippen LogP contribution is 2.41. The third-order valence-electron chi connectivity index (χ3n) is 12.8. The van der Waals surface area contributed by atoms with Gasteiger partial charge in [-0.25, -0.2) is 4.79 Å². The Hall–Kier alpha value is -2.45. The average Bonchev–Trinajstić information content (AvgIpc) is 3.18. The van der Waals surface area contributed by atoms with Crippen LogP contribution in [0.15, 0.2) is 36.0 Å². The van der Waals surface area contributed by atoms with Gasteiger partial charge in [-0.1, -0.05) is 44.6 Å². The number of alkyl halides is 1. The number of rotatable bonds is 7. The second-order valence-corrected chi connectivity index (χ2v) is 18.1. The monoisotopic (exact) mass is 821 g/mol. The molecule has 57 heavy (non-hydrogen) atoms. The van der Waals surface area contributed by atoms with Crippen LogP contribution < -0.4 is 0 Å². The number of halogens is 1. The Kier molecular flexibility index (Phi) is 17.1. The van der Waals surface area contributed by atoms with Crippen LogP contribution in [-0.2, 0) is 42.9 Å². The summed E-state index contributed by atoms with van der Waals surface area (Å²) < 4.78 is 29.9. The first kappa shape index (κ1) is 47.2. The topological polar surface area (TPSA) is 158 Å². The average molecular weight is 822 g/mol. The molecule has 3 aliphatic heterocycles. The summed E-state index contributed by atoms with van der Waals surface area (Å²) >= 11 is 7.18. The van der Waals surface area contributed by atoms with Crippen molar-refractivity contribution >= 4 is 35.0 Å². The Bertz CT molecular complexity index is 1500. The van der Waals surface area contributed by atoms with E-state index in [0.717, 1.165) is 18.4 Å². The molecule has 0 aromatic rings. The predicted molar refractivity (Wildman–Crippen MR) is 216 cm³/mol. The first-order valence-corrected chi connectivity index (χ1v) is 21.2. The van der Waals surface area contributed by atoms with E-state index in [9.17, 15) is 29.4 Å². The van der Waals surface area contributed by atoms with E-state index in [0.29, 0.717) is 50.5 Å². The van der Waals surface area contributed by atoms with E-state index < -0.39 is 82.6 Å². The molecule has 1 saturated carbocycles. The number of nitrogens with zero attached hydrogens (tertiary/aromatic N) is 1. The van der Waals surface area contributed by atoms with Crippen LogP contribution in [0, 0.1) is 23.7 Å². The fraction of sp³-hybridized carbons (Fsp3) is 0.773. The molecule has 0 aromatic carbocycles. The normalized spacial score (nSPS) is 40.1. The van der Waals surface area contributed by atoms with E-state index in [1.165, 1.54) is 19.1 Å². The molecular weight excluding hydrogens is 754 g/mol. The molecule has 4 aliphatic rings. The summed E-state index contributed by atoms with van der Waals surface area (Å²) in [6, 6.07) is -1.15. The Morgan fingerprint density at radius 3 is 2.35 bits per heavy atom. The highest BCUT2D eigenvalue weighted by atomic mass is 35.5. The highest BCUT2D eigenvalue weighted by Gasteiger charge is 2.56. The van der Waals surface area contributed by atoms with E-state index in [-0.39, 0.29) is 43.6 Å². The second kappa shape index (κ2) is 20.7. The lowest BCUT2D eigenvalue weighted by Crippen LogP contribution is -2.64. The van der Waals surface area contributed by atoms with Crippen molar-refractivity contribution in [3.05, 3.63) is 36.0 Å². The van der Waals surface area contributed by atoms with Crippen molar-refractivity contribution in [1.29, 1.82) is 0 Å². The number of allylic oxidation sites excluding steroid dienone is 4. The molecule has 1 amide bonds. The minimum absolute atomic E-state index is 0.0117. The number of ketones is 2. The fourth-order valence-electron chi connectivity index (χ4n) is 9.44. The molecule has 2 saturated heterocycles. The van der Waals surface area contributed by atoms with Crippen LogP contribution in [0.25, 0.3) is 0 Å². The molecule has 13 unspecified atom stereocenters. The van der Waals surface area contributed by atoms with Gasteiger partial charge < -0.3 is 38.8 Å². The number of amides is 1. The van der Waals surface area contributed by atoms with Crippen molar-refractivity contribution in [3.8, 4) is 0 Å². The van der Waals surface area contributed by atoms with E-state index in [1.54, 1.807) is 34.0 Å². The van der Waals surface area contributed by atoms with Crippen LogP contribution >= 0.6 is 11.6 Å². The molecule has 0 aromatic heterocycles. The number of carbonyl (C=O) groups is 4. The third-order valence-corrected chi connectivity index (χ3v) is 13.2. The largest absolute Gasteiger partial charge is 0.456 e. The zero-order valence-electron chi connectivity index (χ0n) is 35.4. The molecule has 13 heteroatoms. The van der Waals surface area contributed by atoms with Crippen molar-refractivity contribution in [2.24, 2.45) is 23.7 Å². The maximum Gasteiger partial charge on any atom is 0.329 e. The number of piperidine rings is 1. The van der Waals surface area contributed by atoms with Crippen molar-refractivity contribution in [2.75, 3.05) is 27.9 Å². The molecular formula is C44H68ClNO11. The van der Waals surface area contributed by atoms with Crippen LogP contribution in [0.4, 0.5) is 0 Å². The number of Topliss-reactive ketones (excluding diaryl/α,β-unsaturated/α-hetero) is 2. The maximum atomic E-state index is 14.3. The molecule has 3 heterocycles. The van der Waals surface area contributed by atoms with E-state index >= 15 is 0 Å². The Labute approximate surface area is 344 Å². The number of hydrogen-bond donors (Lipinski definition) is 2. The lowest BCUT2D eigenvalue weighted by Gasteiger charge is -2.47. The summed E-state index contributed by atoms with van der Waals surface area (Å²) in [6.45, 7) is 13.1. The molecule has 12 nitrogen and oxygen atoms in total. The maximum absolute atomic E-state index is 14.3. The van der Waals surface area contributed by atoms with Crippen molar-refractivity contribution in [1.82, 2.24) is 4.90 Å². The Morgan fingerprint density at radius 1 is 1.02 bits per heavy atom. The van der Waals surface area contributed by atoms with Gasteiger partial charge in [-0.15, -0.1) is 18.2 Å². The fourth-order valence-corrected chi connectivity index (χ4v) is 9.92. The molecule has 3 fully saturated rings. The van der Waals surface area contributed by atoms with Crippen LogP contribution in [0.1, 0.15) is 112 Å². The molecule has 0 radical (unpaired) electrons. The van der Waals surface area contributed by atoms with Crippen LogP contribution in [0.2, 0.25) is 0 Å². The van der Waals surface area contributed by atoms with Crippen molar-refractivity contribution < 1.29 is 53.1 Å². The van der Waals surface area contributed by atoms with Crippen molar-refractivity contribution in [3.63, 3.8) is 0 Å². The zero-order chi connectivity index (χ0) is 42.2. The number of esters is 1. The minimum Gasteiger partial charge on any atom is -0.456 e. The van der Waals surface area contributed by atoms with E-state index in [1.807, 2.05) is 26.0 Å². The first-order valence-electron chi connectivity index (χ1n) is 20.8. The molecule has 0 spiro atoms. The summed E-state index contributed by atoms with van der Waals surface area (Å²) in [6.07, 6.45) is 6.85. The van der Waals surface area contributed by atoms with E-state index in [4.69, 9.17) is 35.3 Å². The summed E-state index contributed by atoms with van der Waals surface area (Å²) in [4.78, 5) is 57.1. The van der Waals surface area contributed by atoms with Gasteiger partial charge in [0.05, 0.1) is 29.3 Å². The SMILES string of the molecule is C=CCC1C=C(C)CC(C)CC(OC)C2OC(O)(C(=O)C(=O)N3CCCCC3C(=O)OC(C(C)=CC3(Cl)CCCC(OC)C3)C(C)C(O)CC1=O)C(C)CC2OC. The van der Waals surface area contributed by atoms with Crippen molar-refractivity contribution in [2.45, 2.75) is 165 Å². The van der Waals surface area contributed by atoms with Gasteiger partial charge in [0.2, 0.25) is 5.79 Å². The van der Waals surface area contributed by atoms with Crippen LogP contribution in [-0.4, -0.2) is 120 Å². The number of hydrogen-bond acceptors (Lipinski definition) is 11. The Balaban J connectivity index is 1.80. The standard InChI is InChI=1S/C44H68ClNO11/c1-10-14-31-20-26(2)19-27(3)21-36(54-8)39-37(55-9)22-29(5)44(52,57-39)40(49)41(50)46-18-12-11-16-33(46)42(51)56-38(30(6)34(47)23-35(31)48)28(4)24-43(45)17-13-15-32(25-43)53-7/h10,20,24,27,29-34,36-39,47,52H,1,11-19,21-23,25H2,2-9H3. The quantitative estimate of drug-likeness (QED) is 0.134. The number of methoxy groups -OCH3 is 3. The van der Waals surface area contributed by atoms with Gasteiger partial charge in [0.15, 0.2) is 0 Å². The van der Waals surface area contributed by atoms with Gasteiger partial charge in [-0.05, 0) is 96.0 Å². The summed E-state index contributed by atoms with van der Waals surface area (Å²) in [5.74, 6) is -7.77. The smallest absolute Gasteiger partial charge is 0.329 e. The number of fused-ring (bicyclic) bond motifs is 3. The summed E-state index contributed by atoms with van der Waals surface area (Å²) in [7, 11) is 4.71. The molecule has 2 bridgehead atoms. The predicted octanol–water partition coefficient (Wildman–Crippen LogP) is 6.03. The number of aliphatic hydroxyl groups excluding tert-OH is 1. The minimum atomic E-state index is -2.51. The summed E-state index contributed by atoms with van der Waals surface area (Å²) in [5, 5.41) is 23.8. The number of carbonyl (C=O) groups excluding carboxylic acids is 4. The van der Waals surface area contributed by atoms with Gasteiger partial charge >= 0.3 is 5.97 Å². The first-order chi connectivity index (χ1) is 26.9. The lowest BCUT2D eigenvalue weighted by atomic mass is 9.81. The highest BCUT2D eigenvalue weighted by molar-refractivity contribution is 6.39. The Morgan fingerprint density at radius 2 is 1.70 bits per heavy atom. The van der Waals surface area contributed by atoms with Gasteiger partial charge in [-0.3, -0.25) is 14.4 Å². The number of ether oxygens (including phenoxy) is 5. The second-order valence-electron chi connectivity index (χ2n) is 17.3.